The molecule has 2 aromatic rings. The van der Waals surface area contributed by atoms with Crippen LogP contribution in [-0.2, 0) is 0 Å². The number of halogens is 4. The zero-order chi connectivity index (χ0) is 13.3. The molecule has 0 saturated carbocycles. The van der Waals surface area contributed by atoms with Crippen LogP contribution in [-0.4, -0.2) is 0 Å². The molecule has 0 bridgehead atoms. The highest BCUT2D eigenvalue weighted by molar-refractivity contribution is 9.10. The lowest BCUT2D eigenvalue weighted by Gasteiger charge is -2.15. The van der Waals surface area contributed by atoms with Crippen LogP contribution in [0.4, 0.5) is 4.39 Å². The molecule has 0 spiro atoms. The van der Waals surface area contributed by atoms with Gasteiger partial charge in [0.2, 0.25) is 0 Å². The fourth-order valence-corrected chi connectivity index (χ4v) is 2.54. The molecule has 94 valence electrons. The molecular formula is C13H9BrCl2FN. The van der Waals surface area contributed by atoms with Crippen LogP contribution in [0.1, 0.15) is 17.2 Å². The Hall–Kier alpha value is -0.610. The van der Waals surface area contributed by atoms with E-state index in [4.69, 9.17) is 28.9 Å². The quantitative estimate of drug-likeness (QED) is 0.816. The Labute approximate surface area is 123 Å². The van der Waals surface area contributed by atoms with Crippen molar-refractivity contribution < 1.29 is 4.39 Å². The van der Waals surface area contributed by atoms with Crippen molar-refractivity contribution >= 4 is 39.1 Å². The smallest absolute Gasteiger partial charge is 0.124 e. The second kappa shape index (κ2) is 5.57. The first kappa shape index (κ1) is 13.8. The number of nitrogens with two attached hydrogens (primary N) is 1. The Balaban J connectivity index is 2.41. The van der Waals surface area contributed by atoms with Gasteiger partial charge in [0.1, 0.15) is 5.82 Å². The van der Waals surface area contributed by atoms with Crippen molar-refractivity contribution in [1.29, 1.82) is 0 Å². The third-order valence-corrected chi connectivity index (χ3v) is 4.03. The number of hydrogen-bond donors (Lipinski definition) is 1. The summed E-state index contributed by atoms with van der Waals surface area (Å²) in [6.45, 7) is 0. The van der Waals surface area contributed by atoms with Gasteiger partial charge in [-0.2, -0.15) is 0 Å². The first-order chi connectivity index (χ1) is 8.49. The molecule has 0 fully saturated rings. The molecule has 0 aromatic heterocycles. The molecule has 0 heterocycles. The Kier molecular flexibility index (Phi) is 4.28. The summed E-state index contributed by atoms with van der Waals surface area (Å²) >= 11 is 15.1. The lowest BCUT2D eigenvalue weighted by Crippen LogP contribution is -2.12. The Morgan fingerprint density at radius 3 is 2.39 bits per heavy atom. The van der Waals surface area contributed by atoms with E-state index in [1.165, 1.54) is 12.1 Å². The number of hydrogen-bond acceptors (Lipinski definition) is 1. The van der Waals surface area contributed by atoms with Crippen molar-refractivity contribution in [3.63, 3.8) is 0 Å². The van der Waals surface area contributed by atoms with Crippen LogP contribution in [0.5, 0.6) is 0 Å². The highest BCUT2D eigenvalue weighted by Gasteiger charge is 2.14. The van der Waals surface area contributed by atoms with Gasteiger partial charge in [-0.05, 0) is 35.4 Å². The molecule has 0 amide bonds. The molecule has 0 saturated heterocycles. The van der Waals surface area contributed by atoms with Crippen LogP contribution in [0.25, 0.3) is 0 Å². The molecule has 0 aliphatic carbocycles. The van der Waals surface area contributed by atoms with E-state index in [2.05, 4.69) is 15.9 Å². The zero-order valence-electron chi connectivity index (χ0n) is 9.13. The van der Waals surface area contributed by atoms with Gasteiger partial charge in [0.15, 0.2) is 0 Å². The molecule has 18 heavy (non-hydrogen) atoms. The molecular weight excluding hydrogens is 340 g/mol. The maximum absolute atomic E-state index is 13.0. The highest BCUT2D eigenvalue weighted by Crippen LogP contribution is 2.31. The van der Waals surface area contributed by atoms with Crippen LogP contribution in [0.2, 0.25) is 10.0 Å². The van der Waals surface area contributed by atoms with Crippen molar-refractivity contribution in [3.05, 3.63) is 67.9 Å². The van der Waals surface area contributed by atoms with E-state index in [1.807, 2.05) is 0 Å². The normalized spacial score (nSPS) is 12.5. The van der Waals surface area contributed by atoms with E-state index in [0.29, 0.717) is 14.5 Å². The fraction of sp³-hybridized carbons (Fsp3) is 0.0769. The van der Waals surface area contributed by atoms with E-state index < -0.39 is 6.04 Å². The maximum Gasteiger partial charge on any atom is 0.124 e. The molecule has 1 atom stereocenters. The molecule has 1 nitrogen and oxygen atoms in total. The minimum absolute atomic E-state index is 0.313. The summed E-state index contributed by atoms with van der Waals surface area (Å²) in [6, 6.07) is 9.21. The molecule has 0 aliphatic rings. The van der Waals surface area contributed by atoms with Crippen molar-refractivity contribution in [3.8, 4) is 0 Å². The van der Waals surface area contributed by atoms with Gasteiger partial charge in [-0.3, -0.25) is 0 Å². The monoisotopic (exact) mass is 347 g/mol. The van der Waals surface area contributed by atoms with Crippen molar-refractivity contribution in [1.82, 2.24) is 0 Å². The molecule has 2 aromatic carbocycles. The molecule has 5 heteroatoms. The Morgan fingerprint density at radius 2 is 1.78 bits per heavy atom. The lowest BCUT2D eigenvalue weighted by molar-refractivity contribution is 0.625. The van der Waals surface area contributed by atoms with Crippen LogP contribution in [0, 0.1) is 5.82 Å². The van der Waals surface area contributed by atoms with Gasteiger partial charge in [-0.25, -0.2) is 4.39 Å². The Morgan fingerprint density at radius 1 is 1.06 bits per heavy atom. The summed E-state index contributed by atoms with van der Waals surface area (Å²) in [4.78, 5) is 0. The minimum atomic E-state index is -0.394. The summed E-state index contributed by atoms with van der Waals surface area (Å²) in [7, 11) is 0. The second-order valence-electron chi connectivity index (χ2n) is 3.82. The molecule has 0 radical (unpaired) electrons. The van der Waals surface area contributed by atoms with Gasteiger partial charge >= 0.3 is 0 Å². The average Bonchev–Trinajstić information content (AvgIpc) is 2.32. The van der Waals surface area contributed by atoms with Gasteiger partial charge in [-0.1, -0.05) is 51.3 Å². The van der Waals surface area contributed by atoms with E-state index in [9.17, 15) is 4.39 Å². The fourth-order valence-electron chi connectivity index (χ4n) is 1.64. The molecule has 0 aliphatic heterocycles. The summed E-state index contributed by atoms with van der Waals surface area (Å²) < 4.78 is 13.6. The molecule has 1 unspecified atom stereocenters. The third kappa shape index (κ3) is 2.86. The van der Waals surface area contributed by atoms with Gasteiger partial charge < -0.3 is 5.73 Å². The minimum Gasteiger partial charge on any atom is -0.320 e. The highest BCUT2D eigenvalue weighted by atomic mass is 79.9. The Bertz CT molecular complexity index is 589. The topological polar surface area (TPSA) is 26.0 Å². The largest absolute Gasteiger partial charge is 0.320 e. The predicted molar refractivity (Wildman–Crippen MR) is 76.6 cm³/mol. The second-order valence-corrected chi connectivity index (χ2v) is 5.49. The van der Waals surface area contributed by atoms with Gasteiger partial charge in [-0.15, -0.1) is 0 Å². The lowest BCUT2D eigenvalue weighted by atomic mass is 10.00. The summed E-state index contributed by atoms with van der Waals surface area (Å²) in [5.74, 6) is -0.313. The zero-order valence-corrected chi connectivity index (χ0v) is 12.2. The van der Waals surface area contributed by atoms with Gasteiger partial charge in [0, 0.05) is 4.47 Å². The third-order valence-electron chi connectivity index (χ3n) is 2.60. The van der Waals surface area contributed by atoms with E-state index in [0.717, 1.165) is 11.1 Å². The van der Waals surface area contributed by atoms with E-state index in [1.54, 1.807) is 24.3 Å². The number of benzene rings is 2. The van der Waals surface area contributed by atoms with Crippen molar-refractivity contribution in [2.24, 2.45) is 5.73 Å². The SMILES string of the molecule is NC(c1ccc(Cl)c(Cl)c1)c1ccc(F)cc1Br. The standard InChI is InChI=1S/C13H9BrCl2FN/c14-10-6-8(17)2-3-9(10)13(18)7-1-4-11(15)12(16)5-7/h1-6,13H,18H2. The summed E-state index contributed by atoms with van der Waals surface area (Å²) in [6.07, 6.45) is 0. The van der Waals surface area contributed by atoms with Gasteiger partial charge in [0.05, 0.1) is 16.1 Å². The maximum atomic E-state index is 13.0. The van der Waals surface area contributed by atoms with Crippen LogP contribution in [0.15, 0.2) is 40.9 Å². The van der Waals surface area contributed by atoms with Crippen molar-refractivity contribution in [2.75, 3.05) is 0 Å². The molecule has 2 rings (SSSR count). The van der Waals surface area contributed by atoms with Crippen LogP contribution < -0.4 is 5.73 Å². The summed E-state index contributed by atoms with van der Waals surface area (Å²) in [5, 5.41) is 0.925. The van der Waals surface area contributed by atoms with Crippen molar-refractivity contribution in [2.45, 2.75) is 6.04 Å². The number of rotatable bonds is 2. The van der Waals surface area contributed by atoms with E-state index >= 15 is 0 Å². The van der Waals surface area contributed by atoms with Gasteiger partial charge in [0.25, 0.3) is 0 Å². The average molecular weight is 349 g/mol. The molecule has 2 N–H and O–H groups in total. The first-order valence-corrected chi connectivity index (χ1v) is 6.69. The van der Waals surface area contributed by atoms with Crippen LogP contribution >= 0.6 is 39.1 Å². The van der Waals surface area contributed by atoms with E-state index in [-0.39, 0.29) is 5.82 Å². The van der Waals surface area contributed by atoms with Crippen LogP contribution in [0.3, 0.4) is 0 Å². The summed E-state index contributed by atoms with van der Waals surface area (Å²) in [5.41, 5.74) is 7.74. The predicted octanol–water partition coefficient (Wildman–Crippen LogP) is 4.94. The first-order valence-electron chi connectivity index (χ1n) is 5.14.